The largest absolute Gasteiger partial charge is 0.374 e. The molecule has 21 heavy (non-hydrogen) atoms. The Morgan fingerprint density at radius 1 is 1.33 bits per heavy atom. The number of aromatic nitrogens is 1. The molecule has 2 heterocycles. The highest BCUT2D eigenvalue weighted by molar-refractivity contribution is 5.05. The Balaban J connectivity index is 1.44. The van der Waals surface area contributed by atoms with E-state index in [9.17, 15) is 0 Å². The molecule has 4 rings (SSSR count). The van der Waals surface area contributed by atoms with Crippen LogP contribution in [0.1, 0.15) is 37.1 Å². The van der Waals surface area contributed by atoms with Crippen molar-refractivity contribution in [1.82, 2.24) is 10.1 Å². The van der Waals surface area contributed by atoms with Crippen LogP contribution in [0.15, 0.2) is 10.6 Å². The van der Waals surface area contributed by atoms with Crippen LogP contribution in [0.2, 0.25) is 0 Å². The van der Waals surface area contributed by atoms with Crippen LogP contribution in [0, 0.1) is 12.8 Å². The highest BCUT2D eigenvalue weighted by atomic mass is 16.5. The molecule has 0 aromatic carbocycles. The van der Waals surface area contributed by atoms with E-state index < -0.39 is 0 Å². The highest BCUT2D eigenvalue weighted by Crippen LogP contribution is 2.35. The zero-order chi connectivity index (χ0) is 14.2. The van der Waals surface area contributed by atoms with E-state index in [0.29, 0.717) is 6.04 Å². The first-order valence-electron chi connectivity index (χ1n) is 8.19. The van der Waals surface area contributed by atoms with Gasteiger partial charge < -0.3 is 14.0 Å². The summed E-state index contributed by atoms with van der Waals surface area (Å²) in [5.74, 6) is 1.68. The standard InChI is InChI=1S/C16H24N2O3/c1-11-8-13(17-21-11)9-18-6-7-19-15-5-4-14(18)16(15)20-10-12-2-3-12/h8,12,14-16H,2-7,9-10H2,1H3/t14-,15-,16-/m0/s1. The van der Waals surface area contributed by atoms with E-state index >= 15 is 0 Å². The van der Waals surface area contributed by atoms with Crippen LogP contribution in [-0.2, 0) is 16.0 Å². The molecular formula is C16H24N2O3. The van der Waals surface area contributed by atoms with Crippen molar-refractivity contribution in [3.8, 4) is 0 Å². The van der Waals surface area contributed by atoms with Crippen LogP contribution in [-0.4, -0.2) is 48.1 Å². The first kappa shape index (κ1) is 13.7. The molecule has 1 aromatic heterocycles. The average Bonchev–Trinajstić information content (AvgIpc) is 3.10. The van der Waals surface area contributed by atoms with Crippen molar-refractivity contribution < 1.29 is 14.0 Å². The third-order valence-corrected chi connectivity index (χ3v) is 4.94. The number of hydrogen-bond donors (Lipinski definition) is 0. The van der Waals surface area contributed by atoms with E-state index in [1.54, 1.807) is 0 Å². The Morgan fingerprint density at radius 3 is 3.00 bits per heavy atom. The van der Waals surface area contributed by atoms with Crippen molar-refractivity contribution in [1.29, 1.82) is 0 Å². The predicted octanol–water partition coefficient (Wildman–Crippen LogP) is 2.14. The third kappa shape index (κ3) is 3.00. The molecule has 1 aromatic rings. The molecule has 3 fully saturated rings. The Bertz CT molecular complexity index is 486. The smallest absolute Gasteiger partial charge is 0.133 e. The summed E-state index contributed by atoms with van der Waals surface area (Å²) in [4.78, 5) is 2.47. The Labute approximate surface area is 125 Å². The quantitative estimate of drug-likeness (QED) is 0.832. The summed E-state index contributed by atoms with van der Waals surface area (Å²) in [6.07, 6.45) is 5.49. The van der Waals surface area contributed by atoms with E-state index in [1.807, 2.05) is 13.0 Å². The van der Waals surface area contributed by atoms with Gasteiger partial charge in [-0.2, -0.15) is 0 Å². The zero-order valence-electron chi connectivity index (χ0n) is 12.7. The van der Waals surface area contributed by atoms with Crippen molar-refractivity contribution in [2.45, 2.75) is 57.4 Å². The first-order chi connectivity index (χ1) is 10.3. The molecule has 0 amide bonds. The van der Waals surface area contributed by atoms with Gasteiger partial charge in [-0.3, -0.25) is 4.90 Å². The van der Waals surface area contributed by atoms with Gasteiger partial charge >= 0.3 is 0 Å². The number of ether oxygens (including phenoxy) is 2. The first-order valence-corrected chi connectivity index (χ1v) is 8.19. The molecule has 1 saturated heterocycles. The van der Waals surface area contributed by atoms with Crippen LogP contribution in [0.3, 0.4) is 0 Å². The second-order valence-electron chi connectivity index (χ2n) is 6.69. The van der Waals surface area contributed by atoms with Gasteiger partial charge in [-0.25, -0.2) is 0 Å². The van der Waals surface area contributed by atoms with Gasteiger partial charge in [0.05, 0.1) is 24.5 Å². The van der Waals surface area contributed by atoms with E-state index in [2.05, 4.69) is 10.1 Å². The molecule has 5 nitrogen and oxygen atoms in total. The van der Waals surface area contributed by atoms with Gasteiger partial charge in [0.1, 0.15) is 5.76 Å². The zero-order valence-corrected chi connectivity index (χ0v) is 12.7. The molecule has 0 radical (unpaired) electrons. The maximum Gasteiger partial charge on any atom is 0.133 e. The summed E-state index contributed by atoms with van der Waals surface area (Å²) in [6, 6.07) is 2.49. The normalized spacial score (nSPS) is 33.3. The monoisotopic (exact) mass is 292 g/mol. The lowest BCUT2D eigenvalue weighted by Crippen LogP contribution is -2.43. The summed E-state index contributed by atoms with van der Waals surface area (Å²) < 4.78 is 17.4. The molecule has 1 aliphatic heterocycles. The van der Waals surface area contributed by atoms with E-state index in [0.717, 1.165) is 56.5 Å². The number of rotatable bonds is 5. The van der Waals surface area contributed by atoms with Crippen LogP contribution in [0.25, 0.3) is 0 Å². The second-order valence-corrected chi connectivity index (χ2v) is 6.69. The fourth-order valence-electron chi connectivity index (χ4n) is 3.61. The second kappa shape index (κ2) is 5.71. The summed E-state index contributed by atoms with van der Waals surface area (Å²) in [6.45, 7) is 5.44. The van der Waals surface area contributed by atoms with E-state index in [-0.39, 0.29) is 12.2 Å². The van der Waals surface area contributed by atoms with Gasteiger partial charge in [-0.15, -0.1) is 0 Å². The Morgan fingerprint density at radius 2 is 2.24 bits per heavy atom. The molecule has 3 atom stereocenters. The lowest BCUT2D eigenvalue weighted by Gasteiger charge is -2.30. The number of hydrogen-bond acceptors (Lipinski definition) is 5. The van der Waals surface area contributed by atoms with Gasteiger partial charge in [0.25, 0.3) is 0 Å². The van der Waals surface area contributed by atoms with E-state index in [1.165, 1.54) is 12.8 Å². The van der Waals surface area contributed by atoms with Crippen LogP contribution < -0.4 is 0 Å². The molecule has 2 aliphatic carbocycles. The van der Waals surface area contributed by atoms with Crippen LogP contribution >= 0.6 is 0 Å². The van der Waals surface area contributed by atoms with Gasteiger partial charge in [-0.1, -0.05) is 5.16 Å². The average molecular weight is 292 g/mol. The van der Waals surface area contributed by atoms with Crippen molar-refractivity contribution in [3.63, 3.8) is 0 Å². The molecule has 2 saturated carbocycles. The third-order valence-electron chi connectivity index (χ3n) is 4.94. The van der Waals surface area contributed by atoms with Gasteiger partial charge in [0.15, 0.2) is 0 Å². The lowest BCUT2D eigenvalue weighted by molar-refractivity contribution is -0.0572. The molecule has 5 heteroatoms. The minimum Gasteiger partial charge on any atom is -0.374 e. The molecule has 0 spiro atoms. The Kier molecular flexibility index (Phi) is 3.73. The molecule has 2 bridgehead atoms. The minimum atomic E-state index is 0.237. The Hall–Kier alpha value is -0.910. The maximum absolute atomic E-state index is 6.24. The summed E-state index contributed by atoms with van der Waals surface area (Å²) in [7, 11) is 0. The minimum absolute atomic E-state index is 0.237. The molecule has 3 aliphatic rings. The van der Waals surface area contributed by atoms with Crippen molar-refractivity contribution in [2.75, 3.05) is 19.8 Å². The molecule has 0 unspecified atom stereocenters. The fraction of sp³-hybridized carbons (Fsp3) is 0.812. The van der Waals surface area contributed by atoms with Gasteiger partial charge in [0, 0.05) is 31.8 Å². The van der Waals surface area contributed by atoms with Crippen LogP contribution in [0.4, 0.5) is 0 Å². The van der Waals surface area contributed by atoms with Gasteiger partial charge in [0.2, 0.25) is 0 Å². The van der Waals surface area contributed by atoms with Crippen molar-refractivity contribution in [2.24, 2.45) is 5.92 Å². The fourth-order valence-corrected chi connectivity index (χ4v) is 3.61. The number of aryl methyl sites for hydroxylation is 1. The maximum atomic E-state index is 6.24. The van der Waals surface area contributed by atoms with Crippen molar-refractivity contribution in [3.05, 3.63) is 17.5 Å². The van der Waals surface area contributed by atoms with Crippen molar-refractivity contribution >= 4 is 0 Å². The molecular weight excluding hydrogens is 268 g/mol. The number of fused-ring (bicyclic) bond motifs is 2. The summed E-state index contributed by atoms with van der Waals surface area (Å²) in [5.41, 5.74) is 1.01. The molecule has 0 N–H and O–H groups in total. The summed E-state index contributed by atoms with van der Waals surface area (Å²) >= 11 is 0. The van der Waals surface area contributed by atoms with Gasteiger partial charge in [-0.05, 0) is 38.5 Å². The molecule has 116 valence electrons. The summed E-state index contributed by atoms with van der Waals surface area (Å²) in [5, 5.41) is 4.13. The van der Waals surface area contributed by atoms with E-state index in [4.69, 9.17) is 14.0 Å². The number of nitrogens with zero attached hydrogens (tertiary/aromatic N) is 2. The SMILES string of the molecule is Cc1cc(CN2CCO[C@H]3CC[C@H]2[C@@H]3OCC2CC2)no1. The van der Waals surface area contributed by atoms with Crippen LogP contribution in [0.5, 0.6) is 0 Å². The predicted molar refractivity (Wildman–Crippen MR) is 76.9 cm³/mol. The lowest BCUT2D eigenvalue weighted by atomic mass is 10.1. The highest BCUT2D eigenvalue weighted by Gasteiger charge is 2.43. The topological polar surface area (TPSA) is 47.7 Å².